The molecule has 0 bridgehead atoms. The van der Waals surface area contributed by atoms with Crippen LogP contribution in [0.1, 0.15) is 22.7 Å². The lowest BCUT2D eigenvalue weighted by atomic mass is 9.96. The van der Waals surface area contributed by atoms with Gasteiger partial charge >= 0.3 is 5.91 Å². The van der Waals surface area contributed by atoms with Gasteiger partial charge in [0.15, 0.2) is 15.8 Å². The molecule has 2 aliphatic rings. The Kier molecular flexibility index (Phi) is 6.94. The lowest BCUT2D eigenvalue weighted by molar-refractivity contribution is -0.132. The summed E-state index contributed by atoms with van der Waals surface area (Å²) in [5.41, 5.74) is 1.91. The Bertz CT molecular complexity index is 1590. The first kappa shape index (κ1) is 25.4. The number of anilines is 1. The average molecular weight is 579 g/mol. The number of amides is 1. The number of hydrogen-bond acceptors (Lipinski definition) is 10. The summed E-state index contributed by atoms with van der Waals surface area (Å²) < 4.78 is 11.8. The van der Waals surface area contributed by atoms with E-state index in [9.17, 15) is 14.7 Å². The van der Waals surface area contributed by atoms with Crippen molar-refractivity contribution in [2.75, 3.05) is 18.1 Å². The minimum Gasteiger partial charge on any atom is -0.507 e. The third-order valence-corrected chi connectivity index (χ3v) is 8.54. The summed E-state index contributed by atoms with van der Waals surface area (Å²) in [4.78, 5) is 32.1. The fraction of sp³-hybridized carbons (Fsp3) is 0.148. The number of ether oxygens (including phenoxy) is 2. The van der Waals surface area contributed by atoms with Gasteiger partial charge in [-0.3, -0.25) is 19.5 Å². The molecule has 2 aliphatic heterocycles. The van der Waals surface area contributed by atoms with Crippen molar-refractivity contribution < 1.29 is 24.2 Å². The van der Waals surface area contributed by atoms with E-state index in [2.05, 4.69) is 15.2 Å². The fourth-order valence-corrected chi connectivity index (χ4v) is 6.27. The maximum Gasteiger partial charge on any atom is 0.301 e. The summed E-state index contributed by atoms with van der Waals surface area (Å²) in [5, 5.41) is 20.7. The molecule has 0 radical (unpaired) electrons. The number of rotatable bonds is 6. The molecule has 4 aromatic rings. The molecule has 9 nitrogen and oxygen atoms in total. The number of carbonyl (C=O) groups excluding carboxylic acids is 2. The van der Waals surface area contributed by atoms with Gasteiger partial charge < -0.3 is 14.6 Å². The van der Waals surface area contributed by atoms with Crippen LogP contribution in [0, 0.1) is 0 Å². The van der Waals surface area contributed by atoms with Crippen LogP contribution in [0.5, 0.6) is 11.5 Å². The lowest BCUT2D eigenvalue weighted by Crippen LogP contribution is -2.29. The molecule has 4 heterocycles. The number of aliphatic hydroxyl groups excluding tert-OH is 1. The number of halogens is 1. The van der Waals surface area contributed by atoms with Crippen LogP contribution in [0.3, 0.4) is 0 Å². The van der Waals surface area contributed by atoms with E-state index in [-0.39, 0.29) is 16.5 Å². The van der Waals surface area contributed by atoms with Gasteiger partial charge in [0.25, 0.3) is 5.78 Å². The lowest BCUT2D eigenvalue weighted by Gasteiger charge is -2.22. The standard InChI is InChI=1S/C27H19ClN4O5S2/c28-18-4-1-15(2-5-18)14-38-27-31-30-26(39-27)32-22(16-7-9-29-10-8-16)21(24(34)25(32)35)23(33)17-3-6-19-20(13-17)37-12-11-36-19/h1-10,13,22,33H,11-12,14H2/b23-21+. The van der Waals surface area contributed by atoms with Crippen molar-refractivity contribution in [3.8, 4) is 11.5 Å². The molecule has 1 amide bonds. The van der Waals surface area contributed by atoms with E-state index in [0.29, 0.717) is 51.0 Å². The van der Waals surface area contributed by atoms with Crippen LogP contribution in [0.15, 0.2) is 76.9 Å². The maximum absolute atomic E-state index is 13.4. The SMILES string of the molecule is O=C1C(=O)N(c2nnc(SCc3ccc(Cl)cc3)s2)C(c2ccncc2)/C1=C(\O)c1ccc2c(c1)OCCO2. The second-order valence-electron chi connectivity index (χ2n) is 8.57. The van der Waals surface area contributed by atoms with Crippen molar-refractivity contribution in [2.45, 2.75) is 16.1 Å². The Labute approximate surface area is 236 Å². The van der Waals surface area contributed by atoms with E-state index < -0.39 is 17.7 Å². The molecule has 1 unspecified atom stereocenters. The summed E-state index contributed by atoms with van der Waals surface area (Å²) in [5.74, 6) is -0.330. The van der Waals surface area contributed by atoms with Crippen LogP contribution in [0.4, 0.5) is 5.13 Å². The summed E-state index contributed by atoms with van der Waals surface area (Å²) in [7, 11) is 0. The topological polar surface area (TPSA) is 115 Å². The summed E-state index contributed by atoms with van der Waals surface area (Å²) in [6.45, 7) is 0.793. The van der Waals surface area contributed by atoms with Crippen molar-refractivity contribution >= 4 is 57.3 Å². The molecule has 39 heavy (non-hydrogen) atoms. The summed E-state index contributed by atoms with van der Waals surface area (Å²) in [6.07, 6.45) is 3.13. The Morgan fingerprint density at radius 2 is 1.77 bits per heavy atom. The molecule has 1 saturated heterocycles. The zero-order chi connectivity index (χ0) is 26.9. The zero-order valence-corrected chi connectivity index (χ0v) is 22.5. The molecular weight excluding hydrogens is 560 g/mol. The molecule has 1 atom stereocenters. The van der Waals surface area contributed by atoms with Crippen molar-refractivity contribution in [2.24, 2.45) is 0 Å². The van der Waals surface area contributed by atoms with Crippen LogP contribution in [0.25, 0.3) is 5.76 Å². The summed E-state index contributed by atoms with van der Waals surface area (Å²) in [6, 6.07) is 14.8. The van der Waals surface area contributed by atoms with Crippen molar-refractivity contribution in [3.63, 3.8) is 0 Å². The van der Waals surface area contributed by atoms with Crippen LogP contribution < -0.4 is 14.4 Å². The van der Waals surface area contributed by atoms with Crippen molar-refractivity contribution in [1.29, 1.82) is 0 Å². The molecule has 6 rings (SSSR count). The van der Waals surface area contributed by atoms with Gasteiger partial charge in [0.1, 0.15) is 19.0 Å². The van der Waals surface area contributed by atoms with E-state index >= 15 is 0 Å². The third kappa shape index (κ3) is 4.96. The zero-order valence-electron chi connectivity index (χ0n) is 20.1. The molecule has 2 aromatic heterocycles. The maximum atomic E-state index is 13.4. The molecule has 2 aromatic carbocycles. The minimum absolute atomic E-state index is 0.0616. The highest BCUT2D eigenvalue weighted by molar-refractivity contribution is 8.00. The van der Waals surface area contributed by atoms with Crippen LogP contribution >= 0.6 is 34.7 Å². The normalized spacial score (nSPS) is 18.0. The van der Waals surface area contributed by atoms with E-state index in [1.54, 1.807) is 42.7 Å². The minimum atomic E-state index is -0.928. The highest BCUT2D eigenvalue weighted by Crippen LogP contribution is 2.44. The number of aromatic nitrogens is 3. The monoisotopic (exact) mass is 578 g/mol. The van der Waals surface area contributed by atoms with Crippen molar-refractivity contribution in [1.82, 2.24) is 15.2 Å². The largest absolute Gasteiger partial charge is 0.507 e. The van der Waals surface area contributed by atoms with Crippen LogP contribution in [-0.2, 0) is 15.3 Å². The number of benzene rings is 2. The number of ketones is 1. The number of hydrogen-bond donors (Lipinski definition) is 1. The van der Waals surface area contributed by atoms with Gasteiger partial charge in [-0.1, -0.05) is 46.8 Å². The van der Waals surface area contributed by atoms with Gasteiger partial charge in [0.2, 0.25) is 5.13 Å². The number of Topliss-reactive ketones (excluding diaryl/α,β-unsaturated/α-hetero) is 1. The van der Waals surface area contributed by atoms with Gasteiger partial charge in [0.05, 0.1) is 11.6 Å². The first-order chi connectivity index (χ1) is 19.0. The fourth-order valence-electron chi connectivity index (χ4n) is 4.32. The predicted octanol–water partition coefficient (Wildman–Crippen LogP) is 5.28. The highest BCUT2D eigenvalue weighted by Gasteiger charge is 2.48. The number of nitrogens with zero attached hydrogens (tertiary/aromatic N) is 4. The van der Waals surface area contributed by atoms with Gasteiger partial charge in [-0.15, -0.1) is 10.2 Å². The number of pyridine rings is 1. The quantitative estimate of drug-likeness (QED) is 0.107. The Hall–Kier alpha value is -3.93. The first-order valence-corrected chi connectivity index (χ1v) is 14.0. The number of carbonyl (C=O) groups is 2. The van der Waals surface area contributed by atoms with Gasteiger partial charge in [0, 0.05) is 28.7 Å². The summed E-state index contributed by atoms with van der Waals surface area (Å²) >= 11 is 8.62. The van der Waals surface area contributed by atoms with Gasteiger partial charge in [-0.05, 0) is 53.6 Å². The van der Waals surface area contributed by atoms with E-state index in [0.717, 1.165) is 5.56 Å². The smallest absolute Gasteiger partial charge is 0.301 e. The molecule has 12 heteroatoms. The number of aliphatic hydroxyl groups is 1. The molecule has 0 aliphatic carbocycles. The Morgan fingerprint density at radius 3 is 2.54 bits per heavy atom. The van der Waals surface area contributed by atoms with E-state index in [1.807, 2.05) is 24.3 Å². The number of thioether (sulfide) groups is 1. The van der Waals surface area contributed by atoms with Gasteiger partial charge in [-0.2, -0.15) is 0 Å². The van der Waals surface area contributed by atoms with Crippen molar-refractivity contribution in [3.05, 3.63) is 94.3 Å². The molecule has 0 spiro atoms. The second kappa shape index (κ2) is 10.7. The molecule has 0 saturated carbocycles. The molecular formula is C27H19ClN4O5S2. The van der Waals surface area contributed by atoms with Gasteiger partial charge in [-0.25, -0.2) is 0 Å². The third-order valence-electron chi connectivity index (χ3n) is 6.16. The molecule has 1 fully saturated rings. The van der Waals surface area contributed by atoms with Crippen LogP contribution in [-0.4, -0.2) is 45.2 Å². The highest BCUT2D eigenvalue weighted by atomic mass is 35.5. The van der Waals surface area contributed by atoms with E-state index in [1.165, 1.54) is 28.0 Å². The number of fused-ring (bicyclic) bond motifs is 1. The second-order valence-corrected chi connectivity index (χ2v) is 11.2. The Balaban J connectivity index is 1.36. The predicted molar refractivity (Wildman–Crippen MR) is 147 cm³/mol. The Morgan fingerprint density at radius 1 is 1.03 bits per heavy atom. The average Bonchev–Trinajstić information content (AvgIpc) is 3.54. The van der Waals surface area contributed by atoms with E-state index in [4.69, 9.17) is 21.1 Å². The molecule has 196 valence electrons. The van der Waals surface area contributed by atoms with Crippen LogP contribution in [0.2, 0.25) is 5.02 Å². The molecule has 1 N–H and O–H groups in total. The first-order valence-electron chi connectivity index (χ1n) is 11.8.